The predicted octanol–water partition coefficient (Wildman–Crippen LogP) is 2.43. The van der Waals surface area contributed by atoms with Crippen LogP contribution in [0.3, 0.4) is 0 Å². The number of likely N-dealkylation sites (N-methyl/N-ethyl adjacent to an activating group) is 1. The number of ketones is 1. The maximum atomic E-state index is 14.7. The third-order valence-corrected chi connectivity index (χ3v) is 4.57. The molecule has 0 saturated heterocycles. The Labute approximate surface area is 164 Å². The highest BCUT2D eigenvalue weighted by Crippen LogP contribution is 2.25. The zero-order valence-corrected chi connectivity index (χ0v) is 15.8. The molecule has 0 aliphatic heterocycles. The minimum atomic E-state index is -1.04. The zero-order chi connectivity index (χ0) is 21.1. The van der Waals surface area contributed by atoms with Crippen LogP contribution in [0.25, 0.3) is 10.8 Å². The van der Waals surface area contributed by atoms with Gasteiger partial charge in [-0.05, 0) is 49.2 Å². The number of amides is 1. The molecule has 0 radical (unpaired) electrons. The lowest BCUT2D eigenvalue weighted by molar-refractivity contribution is -0.120. The summed E-state index contributed by atoms with van der Waals surface area (Å²) >= 11 is 0. The summed E-state index contributed by atoms with van der Waals surface area (Å²) in [7, 11) is 1.60. The molecule has 0 spiro atoms. The molecule has 150 valence electrons. The van der Waals surface area contributed by atoms with Gasteiger partial charge in [0, 0.05) is 17.1 Å². The van der Waals surface area contributed by atoms with E-state index in [4.69, 9.17) is 0 Å². The van der Waals surface area contributed by atoms with Crippen LogP contribution in [0.1, 0.15) is 34.5 Å². The van der Waals surface area contributed by atoms with Gasteiger partial charge in [-0.3, -0.25) is 14.4 Å². The molecule has 1 aromatic heterocycles. The smallest absolute Gasteiger partial charge is 0.255 e. The maximum Gasteiger partial charge on any atom is 0.255 e. The Bertz CT molecular complexity index is 1130. The fourth-order valence-corrected chi connectivity index (χ4v) is 3.15. The first-order valence-corrected chi connectivity index (χ1v) is 8.91. The molecule has 1 unspecified atom stereocenters. The highest BCUT2D eigenvalue weighted by molar-refractivity contribution is 6.16. The standard InChI is InChI=1S/C21H19F2N3O3/c1-11(26-18(27)10-24-2)12-8-16(22)19(17(23)9-12)20(28)14-4-3-5-15-13(14)6-7-25-21(15)29/h3-9,11,24H,10H2,1-2H3,(H,25,29)(H,26,27). The number of benzene rings is 2. The second-order valence-corrected chi connectivity index (χ2v) is 6.58. The molecule has 0 fully saturated rings. The van der Waals surface area contributed by atoms with Crippen molar-refractivity contribution in [1.82, 2.24) is 15.6 Å². The van der Waals surface area contributed by atoms with Crippen molar-refractivity contribution in [2.24, 2.45) is 0 Å². The second kappa shape index (κ2) is 8.32. The number of aromatic amines is 1. The van der Waals surface area contributed by atoms with Crippen molar-refractivity contribution in [2.75, 3.05) is 13.6 Å². The Morgan fingerprint density at radius 1 is 1.10 bits per heavy atom. The molecule has 0 saturated carbocycles. The molecular weight excluding hydrogens is 380 g/mol. The summed E-state index contributed by atoms with van der Waals surface area (Å²) in [6.45, 7) is 1.65. The van der Waals surface area contributed by atoms with Gasteiger partial charge in [-0.15, -0.1) is 0 Å². The molecule has 3 aromatic rings. The van der Waals surface area contributed by atoms with Gasteiger partial charge in [0.15, 0.2) is 5.78 Å². The van der Waals surface area contributed by atoms with Crippen molar-refractivity contribution in [3.63, 3.8) is 0 Å². The minimum absolute atomic E-state index is 0.0227. The van der Waals surface area contributed by atoms with Crippen molar-refractivity contribution >= 4 is 22.5 Å². The first kappa shape index (κ1) is 20.3. The van der Waals surface area contributed by atoms with E-state index < -0.39 is 34.6 Å². The lowest BCUT2D eigenvalue weighted by Gasteiger charge is -2.16. The highest BCUT2D eigenvalue weighted by atomic mass is 19.1. The van der Waals surface area contributed by atoms with Crippen LogP contribution in [0.15, 0.2) is 47.4 Å². The average Bonchev–Trinajstić information content (AvgIpc) is 2.67. The van der Waals surface area contributed by atoms with Crippen LogP contribution in [0.2, 0.25) is 0 Å². The van der Waals surface area contributed by atoms with Gasteiger partial charge in [-0.25, -0.2) is 8.78 Å². The van der Waals surface area contributed by atoms with Gasteiger partial charge in [-0.2, -0.15) is 0 Å². The predicted molar refractivity (Wildman–Crippen MR) is 105 cm³/mol. The van der Waals surface area contributed by atoms with Crippen molar-refractivity contribution in [3.05, 3.63) is 81.3 Å². The minimum Gasteiger partial charge on any atom is -0.348 e. The van der Waals surface area contributed by atoms with E-state index in [0.717, 1.165) is 12.1 Å². The Morgan fingerprint density at radius 3 is 2.45 bits per heavy atom. The number of halogens is 2. The normalized spacial score (nSPS) is 12.0. The molecule has 0 bridgehead atoms. The number of carbonyl (C=O) groups is 2. The molecule has 6 nitrogen and oxygen atoms in total. The van der Waals surface area contributed by atoms with Crippen molar-refractivity contribution in [1.29, 1.82) is 0 Å². The average molecular weight is 399 g/mol. The Morgan fingerprint density at radius 2 is 1.79 bits per heavy atom. The number of hydrogen-bond donors (Lipinski definition) is 3. The van der Waals surface area contributed by atoms with E-state index in [1.807, 2.05) is 0 Å². The van der Waals surface area contributed by atoms with Crippen LogP contribution >= 0.6 is 0 Å². The van der Waals surface area contributed by atoms with Crippen LogP contribution in [0.5, 0.6) is 0 Å². The Hall–Kier alpha value is -3.39. The van der Waals surface area contributed by atoms with Crippen LogP contribution in [0, 0.1) is 11.6 Å². The molecule has 3 N–H and O–H groups in total. The van der Waals surface area contributed by atoms with Crippen LogP contribution in [0.4, 0.5) is 8.78 Å². The topological polar surface area (TPSA) is 91.1 Å². The van der Waals surface area contributed by atoms with Gasteiger partial charge < -0.3 is 15.6 Å². The molecule has 0 aliphatic rings. The summed E-state index contributed by atoms with van der Waals surface area (Å²) in [4.78, 5) is 39.0. The molecule has 29 heavy (non-hydrogen) atoms. The van der Waals surface area contributed by atoms with E-state index in [1.54, 1.807) is 14.0 Å². The molecular formula is C21H19F2N3O3. The molecule has 8 heteroatoms. The number of nitrogens with one attached hydrogen (secondary N) is 3. The van der Waals surface area contributed by atoms with Crippen molar-refractivity contribution in [2.45, 2.75) is 13.0 Å². The number of hydrogen-bond acceptors (Lipinski definition) is 4. The third kappa shape index (κ3) is 4.07. The quantitative estimate of drug-likeness (QED) is 0.556. The van der Waals surface area contributed by atoms with Gasteiger partial charge in [0.2, 0.25) is 5.91 Å². The van der Waals surface area contributed by atoms with Crippen molar-refractivity contribution in [3.8, 4) is 0 Å². The maximum absolute atomic E-state index is 14.7. The number of pyridine rings is 1. The zero-order valence-electron chi connectivity index (χ0n) is 15.8. The fourth-order valence-electron chi connectivity index (χ4n) is 3.15. The van der Waals surface area contributed by atoms with Gasteiger partial charge in [0.1, 0.15) is 11.6 Å². The molecule has 1 atom stereocenters. The Balaban J connectivity index is 2.00. The summed E-state index contributed by atoms with van der Waals surface area (Å²) in [5, 5.41) is 5.83. The number of carbonyl (C=O) groups excluding carboxylic acids is 2. The summed E-state index contributed by atoms with van der Waals surface area (Å²) in [5.74, 6) is -3.28. The monoisotopic (exact) mass is 399 g/mol. The summed E-state index contributed by atoms with van der Waals surface area (Å²) in [5.41, 5.74) is -0.903. The van der Waals surface area contributed by atoms with E-state index in [1.165, 1.54) is 30.5 Å². The van der Waals surface area contributed by atoms with E-state index in [9.17, 15) is 23.2 Å². The first-order valence-electron chi connectivity index (χ1n) is 8.91. The highest BCUT2D eigenvalue weighted by Gasteiger charge is 2.23. The number of aromatic nitrogens is 1. The number of H-pyrrole nitrogens is 1. The third-order valence-electron chi connectivity index (χ3n) is 4.57. The molecule has 2 aromatic carbocycles. The van der Waals surface area contributed by atoms with Gasteiger partial charge in [-0.1, -0.05) is 12.1 Å². The van der Waals surface area contributed by atoms with Crippen LogP contribution in [-0.4, -0.2) is 30.3 Å². The van der Waals surface area contributed by atoms with E-state index in [-0.39, 0.29) is 29.0 Å². The molecule has 1 amide bonds. The second-order valence-electron chi connectivity index (χ2n) is 6.58. The first-order chi connectivity index (χ1) is 13.8. The fraction of sp³-hybridized carbons (Fsp3) is 0.190. The molecule has 3 rings (SSSR count). The van der Waals surface area contributed by atoms with E-state index >= 15 is 0 Å². The summed E-state index contributed by atoms with van der Waals surface area (Å²) in [6.07, 6.45) is 1.37. The van der Waals surface area contributed by atoms with E-state index in [2.05, 4.69) is 15.6 Å². The molecule has 1 heterocycles. The largest absolute Gasteiger partial charge is 0.348 e. The summed E-state index contributed by atoms with van der Waals surface area (Å²) < 4.78 is 29.4. The van der Waals surface area contributed by atoms with E-state index in [0.29, 0.717) is 5.39 Å². The molecule has 0 aliphatic carbocycles. The summed E-state index contributed by atoms with van der Waals surface area (Å²) in [6, 6.07) is 7.33. The van der Waals surface area contributed by atoms with Gasteiger partial charge >= 0.3 is 0 Å². The SMILES string of the molecule is CNCC(=O)NC(C)c1cc(F)c(C(=O)c2cccc3c(=O)[nH]ccc23)c(F)c1. The number of rotatable bonds is 6. The lowest BCUT2D eigenvalue weighted by Crippen LogP contribution is -2.34. The van der Waals surface area contributed by atoms with Crippen LogP contribution < -0.4 is 16.2 Å². The Kier molecular flexibility index (Phi) is 5.84. The van der Waals surface area contributed by atoms with Crippen LogP contribution in [-0.2, 0) is 4.79 Å². The number of fused-ring (bicyclic) bond motifs is 1. The van der Waals surface area contributed by atoms with Gasteiger partial charge in [0.05, 0.1) is 18.2 Å². The van der Waals surface area contributed by atoms with Gasteiger partial charge in [0.25, 0.3) is 5.56 Å². The van der Waals surface area contributed by atoms with Crippen molar-refractivity contribution < 1.29 is 18.4 Å². The lowest BCUT2D eigenvalue weighted by atomic mass is 9.95.